The number of nitrogens with one attached hydrogen (secondary N) is 1. The molecule has 0 spiro atoms. The van der Waals surface area contributed by atoms with Crippen molar-refractivity contribution in [2.24, 2.45) is 0 Å². The van der Waals surface area contributed by atoms with Gasteiger partial charge in [-0.1, -0.05) is 6.07 Å². The van der Waals surface area contributed by atoms with Crippen LogP contribution in [-0.4, -0.2) is 47.9 Å². The van der Waals surface area contributed by atoms with Crippen LogP contribution in [0.1, 0.15) is 11.1 Å². The number of alkyl carbamates (subject to hydrolysis) is 1. The molecular weight excluding hydrogens is 454 g/mol. The summed E-state index contributed by atoms with van der Waals surface area (Å²) in [5.41, 5.74) is 4.34. The molecule has 2 aromatic carbocycles. The number of aromatic nitrogens is 3. The van der Waals surface area contributed by atoms with E-state index in [1.165, 1.54) is 24.6 Å². The number of alkyl halides is 2. The van der Waals surface area contributed by atoms with Crippen molar-refractivity contribution in [2.75, 3.05) is 20.3 Å². The van der Waals surface area contributed by atoms with E-state index in [2.05, 4.69) is 24.8 Å². The monoisotopic (exact) mass is 474 g/mol. The number of carbonyl (C=O) groups is 1. The number of hydrogen-bond acceptors (Lipinski definition) is 8. The van der Waals surface area contributed by atoms with Gasteiger partial charge in [-0.3, -0.25) is 0 Å². The Balaban J connectivity index is 1.71. The number of amides is 1. The highest BCUT2D eigenvalue weighted by Gasteiger charge is 2.17. The lowest BCUT2D eigenvalue weighted by molar-refractivity contribution is -0.0528. The van der Waals surface area contributed by atoms with E-state index in [1.807, 2.05) is 32.0 Å². The zero-order chi connectivity index (χ0) is 23.5. The van der Waals surface area contributed by atoms with Gasteiger partial charge in [0.1, 0.15) is 17.4 Å². The average Bonchev–Trinajstić information content (AvgIpc) is 3.23. The smallest absolute Gasteiger partial charge is 0.406 e. The molecule has 8 nitrogen and oxygen atoms in total. The molecule has 172 valence electrons. The minimum Gasteiger partial charge on any atom is -0.490 e. The fourth-order valence-electron chi connectivity index (χ4n) is 3.28. The van der Waals surface area contributed by atoms with Gasteiger partial charge in [-0.05, 0) is 43.2 Å². The molecule has 33 heavy (non-hydrogen) atoms. The lowest BCUT2D eigenvalue weighted by Crippen LogP contribution is -2.27. The Hall–Kier alpha value is -3.60. The predicted molar refractivity (Wildman–Crippen MR) is 120 cm³/mol. The lowest BCUT2D eigenvalue weighted by Gasteiger charge is -2.08. The van der Waals surface area contributed by atoms with Crippen molar-refractivity contribution in [2.45, 2.75) is 20.5 Å². The summed E-state index contributed by atoms with van der Waals surface area (Å²) in [6.45, 7) is 1.40. The molecule has 0 aliphatic carbocycles. The fraction of sp³-hybridized carbons (Fsp3) is 0.273. The Labute approximate surface area is 191 Å². The van der Waals surface area contributed by atoms with Crippen LogP contribution in [0.2, 0.25) is 0 Å². The Morgan fingerprint density at radius 3 is 2.76 bits per heavy atom. The van der Waals surface area contributed by atoms with Crippen LogP contribution in [0, 0.1) is 13.8 Å². The minimum atomic E-state index is -2.98. The van der Waals surface area contributed by atoms with Gasteiger partial charge in [0.15, 0.2) is 0 Å². The van der Waals surface area contributed by atoms with E-state index in [1.54, 1.807) is 6.07 Å². The standard InChI is InChI=1S/C22H20F2N4O4S/c1-11-8-13(18-14(9-11)27-16(10-26-18)32-21(23)24)20-28-17-12(2)4-5-15(19(17)33-20)31-7-6-25-22(29)30-3/h4-5,8-10,21H,6-7H2,1-3H3,(H,25,29). The molecule has 0 saturated heterocycles. The topological polar surface area (TPSA) is 95.5 Å². The SMILES string of the molecule is COC(=O)NCCOc1ccc(C)c2nc(-c3cc(C)cc4nc(OC(F)F)cnc34)sc12. The normalized spacial score (nSPS) is 11.2. The van der Waals surface area contributed by atoms with Crippen LogP contribution in [0.3, 0.4) is 0 Å². The number of thiazole rings is 1. The second kappa shape index (κ2) is 9.49. The number of carbonyl (C=O) groups excluding carboxylic acids is 1. The summed E-state index contributed by atoms with van der Waals surface area (Å²) in [6.07, 6.45) is 0.650. The zero-order valence-electron chi connectivity index (χ0n) is 18.0. The number of benzene rings is 2. The summed E-state index contributed by atoms with van der Waals surface area (Å²) in [5, 5.41) is 3.26. The maximum atomic E-state index is 12.6. The lowest BCUT2D eigenvalue weighted by atomic mass is 10.1. The highest BCUT2D eigenvalue weighted by atomic mass is 32.1. The first kappa shape index (κ1) is 22.6. The number of fused-ring (bicyclic) bond motifs is 2. The summed E-state index contributed by atoms with van der Waals surface area (Å²) in [5.74, 6) is 0.395. The zero-order valence-corrected chi connectivity index (χ0v) is 18.8. The molecule has 1 amide bonds. The molecule has 0 saturated carbocycles. The Morgan fingerprint density at radius 1 is 1.18 bits per heavy atom. The fourth-order valence-corrected chi connectivity index (χ4v) is 4.41. The van der Waals surface area contributed by atoms with Crippen LogP contribution < -0.4 is 14.8 Å². The van der Waals surface area contributed by atoms with Crippen LogP contribution in [0.25, 0.3) is 31.8 Å². The maximum absolute atomic E-state index is 12.6. The largest absolute Gasteiger partial charge is 0.490 e. The summed E-state index contributed by atoms with van der Waals surface area (Å²) in [6, 6.07) is 7.46. The van der Waals surface area contributed by atoms with Gasteiger partial charge in [-0.2, -0.15) is 8.78 Å². The maximum Gasteiger partial charge on any atom is 0.406 e. The molecule has 4 aromatic rings. The van der Waals surface area contributed by atoms with Crippen molar-refractivity contribution in [3.05, 3.63) is 41.6 Å². The second-order valence-corrected chi connectivity index (χ2v) is 8.11. The number of ether oxygens (including phenoxy) is 3. The summed E-state index contributed by atoms with van der Waals surface area (Å²) in [4.78, 5) is 24.5. The van der Waals surface area contributed by atoms with E-state index in [4.69, 9.17) is 9.72 Å². The van der Waals surface area contributed by atoms with Crippen molar-refractivity contribution in [3.8, 4) is 22.2 Å². The van der Waals surface area contributed by atoms with E-state index in [-0.39, 0.29) is 19.0 Å². The molecular formula is C22H20F2N4O4S. The van der Waals surface area contributed by atoms with Crippen molar-refractivity contribution in [1.29, 1.82) is 0 Å². The van der Waals surface area contributed by atoms with E-state index in [0.29, 0.717) is 21.8 Å². The quantitative estimate of drug-likeness (QED) is 0.382. The first-order valence-electron chi connectivity index (χ1n) is 9.93. The Morgan fingerprint density at radius 2 is 2.00 bits per heavy atom. The molecule has 0 radical (unpaired) electrons. The number of rotatable bonds is 7. The highest BCUT2D eigenvalue weighted by Crippen LogP contribution is 2.39. The van der Waals surface area contributed by atoms with Gasteiger partial charge >= 0.3 is 12.7 Å². The molecule has 4 rings (SSSR count). The van der Waals surface area contributed by atoms with Crippen molar-refractivity contribution < 1.29 is 27.8 Å². The Bertz CT molecular complexity index is 1330. The molecule has 0 unspecified atom stereocenters. The van der Waals surface area contributed by atoms with Crippen LogP contribution in [0.15, 0.2) is 30.5 Å². The molecule has 0 aliphatic rings. The van der Waals surface area contributed by atoms with Crippen LogP contribution in [0.4, 0.5) is 13.6 Å². The van der Waals surface area contributed by atoms with Gasteiger partial charge in [0.05, 0.1) is 41.1 Å². The predicted octanol–water partition coefficient (Wildman–Crippen LogP) is 4.86. The summed E-state index contributed by atoms with van der Waals surface area (Å²) < 4.78 is 40.8. The highest BCUT2D eigenvalue weighted by molar-refractivity contribution is 7.22. The first-order chi connectivity index (χ1) is 15.9. The molecule has 2 aromatic heterocycles. The molecule has 0 bridgehead atoms. The third kappa shape index (κ3) is 4.92. The minimum absolute atomic E-state index is 0.245. The van der Waals surface area contributed by atoms with Gasteiger partial charge in [0.25, 0.3) is 0 Å². The van der Waals surface area contributed by atoms with Gasteiger partial charge in [0, 0.05) is 5.56 Å². The molecule has 0 aliphatic heterocycles. The van der Waals surface area contributed by atoms with Crippen molar-refractivity contribution >= 4 is 38.7 Å². The van der Waals surface area contributed by atoms with Crippen LogP contribution in [-0.2, 0) is 4.74 Å². The molecule has 0 fully saturated rings. The van der Waals surface area contributed by atoms with E-state index < -0.39 is 12.7 Å². The van der Waals surface area contributed by atoms with Crippen molar-refractivity contribution in [1.82, 2.24) is 20.3 Å². The number of hydrogen-bond donors (Lipinski definition) is 1. The van der Waals surface area contributed by atoms with Gasteiger partial charge in [-0.15, -0.1) is 11.3 Å². The number of halogens is 2. The third-order valence-electron chi connectivity index (χ3n) is 4.73. The number of aryl methyl sites for hydroxylation is 2. The van der Waals surface area contributed by atoms with E-state index in [0.717, 1.165) is 26.9 Å². The molecule has 1 N–H and O–H groups in total. The molecule has 2 heterocycles. The van der Waals surface area contributed by atoms with Gasteiger partial charge in [-0.25, -0.2) is 19.7 Å². The van der Waals surface area contributed by atoms with Crippen LogP contribution in [0.5, 0.6) is 11.6 Å². The van der Waals surface area contributed by atoms with Gasteiger partial charge in [0.2, 0.25) is 5.88 Å². The molecule has 11 heteroatoms. The molecule has 0 atom stereocenters. The van der Waals surface area contributed by atoms with Gasteiger partial charge < -0.3 is 19.5 Å². The van der Waals surface area contributed by atoms with E-state index in [9.17, 15) is 13.6 Å². The third-order valence-corrected chi connectivity index (χ3v) is 5.84. The van der Waals surface area contributed by atoms with E-state index >= 15 is 0 Å². The second-order valence-electron chi connectivity index (χ2n) is 7.11. The Kier molecular flexibility index (Phi) is 6.50. The van der Waals surface area contributed by atoms with Crippen LogP contribution >= 0.6 is 11.3 Å². The number of nitrogens with zero attached hydrogens (tertiary/aromatic N) is 3. The average molecular weight is 474 g/mol. The van der Waals surface area contributed by atoms with Crippen molar-refractivity contribution in [3.63, 3.8) is 0 Å². The number of methoxy groups -OCH3 is 1. The summed E-state index contributed by atoms with van der Waals surface area (Å²) >= 11 is 1.43. The summed E-state index contributed by atoms with van der Waals surface area (Å²) in [7, 11) is 1.30. The first-order valence-corrected chi connectivity index (χ1v) is 10.7.